The summed E-state index contributed by atoms with van der Waals surface area (Å²) >= 11 is 0. The minimum absolute atomic E-state index is 0.0146. The van der Waals surface area contributed by atoms with Gasteiger partial charge in [0.05, 0.1) is 33.9 Å². The SMILES string of the molecule is CCCCCCCCCCCCCC(=O)OC[C@H](COP(=O)(O)OCC[N+](C)(C)C)OC(=O)CCC/C=C\C/C=C\C/C=C\C/C=C\CC[C@H](O)CC. The van der Waals surface area contributed by atoms with Gasteiger partial charge in [-0.15, -0.1) is 0 Å². The van der Waals surface area contributed by atoms with Gasteiger partial charge in [-0.05, 0) is 57.8 Å². The quantitative estimate of drug-likeness (QED) is 0.0210. The van der Waals surface area contributed by atoms with Crippen LogP contribution in [0, 0.1) is 0 Å². The highest BCUT2D eigenvalue weighted by molar-refractivity contribution is 7.47. The van der Waals surface area contributed by atoms with Crippen LogP contribution in [-0.4, -0.2) is 86.1 Å². The van der Waals surface area contributed by atoms with Gasteiger partial charge in [0.15, 0.2) is 6.10 Å². The number of quaternary nitrogens is 1. The number of phosphoric acid groups is 1. The fourth-order valence-corrected chi connectivity index (χ4v) is 5.84. The van der Waals surface area contributed by atoms with E-state index in [0.717, 1.165) is 57.8 Å². The van der Waals surface area contributed by atoms with Gasteiger partial charge >= 0.3 is 19.8 Å². The van der Waals surface area contributed by atoms with E-state index in [1.807, 2.05) is 34.1 Å². The standard InChI is InChI=1S/C42H76NO9P/c1-6-8-9-10-11-12-17-21-24-27-30-33-41(45)49-37-40(38-51-53(47,48)50-36-35-43(3,4)5)52-42(46)34-31-28-25-22-19-16-14-13-15-18-20-23-26-29-32-39(44)7-2/h14-16,18,22-23,25-26,39-40,44H,6-13,17,19-21,24,27-38H2,1-5H3/p+1/b16-14-,18-15-,25-22-,26-23-/t39-,40-/m1/s1. The van der Waals surface area contributed by atoms with Crippen LogP contribution < -0.4 is 0 Å². The van der Waals surface area contributed by atoms with Crippen LogP contribution in [0.5, 0.6) is 0 Å². The molecule has 308 valence electrons. The molecule has 0 amide bonds. The van der Waals surface area contributed by atoms with Gasteiger partial charge in [-0.25, -0.2) is 4.57 Å². The molecule has 53 heavy (non-hydrogen) atoms. The molecule has 0 aliphatic heterocycles. The van der Waals surface area contributed by atoms with Gasteiger partial charge in [-0.1, -0.05) is 127 Å². The van der Waals surface area contributed by atoms with Gasteiger partial charge in [0, 0.05) is 12.8 Å². The Morgan fingerprint density at radius 3 is 1.72 bits per heavy atom. The van der Waals surface area contributed by atoms with E-state index in [9.17, 15) is 24.2 Å². The Balaban J connectivity index is 4.52. The second-order valence-electron chi connectivity index (χ2n) is 14.8. The lowest BCUT2D eigenvalue weighted by molar-refractivity contribution is -0.870. The predicted octanol–water partition coefficient (Wildman–Crippen LogP) is 10.1. The Labute approximate surface area is 323 Å². The number of esters is 2. The summed E-state index contributed by atoms with van der Waals surface area (Å²) in [6, 6.07) is 0. The lowest BCUT2D eigenvalue weighted by Crippen LogP contribution is -2.37. The zero-order valence-corrected chi connectivity index (χ0v) is 35.0. The van der Waals surface area contributed by atoms with Gasteiger partial charge in [-0.3, -0.25) is 18.6 Å². The maximum Gasteiger partial charge on any atom is 0.472 e. The van der Waals surface area contributed by atoms with Crippen molar-refractivity contribution in [1.29, 1.82) is 0 Å². The Morgan fingerprint density at radius 2 is 1.17 bits per heavy atom. The number of allylic oxidation sites excluding steroid dienone is 8. The van der Waals surface area contributed by atoms with Gasteiger partial charge in [0.25, 0.3) is 0 Å². The average Bonchev–Trinajstić information content (AvgIpc) is 3.10. The maximum absolute atomic E-state index is 12.6. The molecule has 0 radical (unpaired) electrons. The number of phosphoric ester groups is 1. The molecule has 0 spiro atoms. The summed E-state index contributed by atoms with van der Waals surface area (Å²) in [5, 5.41) is 9.56. The molecule has 11 heteroatoms. The van der Waals surface area contributed by atoms with Crippen LogP contribution in [0.3, 0.4) is 0 Å². The Bertz CT molecular complexity index is 1070. The largest absolute Gasteiger partial charge is 0.472 e. The second-order valence-corrected chi connectivity index (χ2v) is 16.3. The van der Waals surface area contributed by atoms with Crippen LogP contribution in [0.25, 0.3) is 0 Å². The van der Waals surface area contributed by atoms with Crippen LogP contribution >= 0.6 is 7.82 Å². The number of rotatable bonds is 36. The molecule has 10 nitrogen and oxygen atoms in total. The number of hydrogen-bond donors (Lipinski definition) is 2. The Morgan fingerprint density at radius 1 is 0.660 bits per heavy atom. The van der Waals surface area contributed by atoms with Crippen LogP contribution in [0.1, 0.15) is 149 Å². The number of hydrogen-bond acceptors (Lipinski definition) is 8. The number of ether oxygens (including phenoxy) is 2. The van der Waals surface area contributed by atoms with Gasteiger partial charge in [-0.2, -0.15) is 0 Å². The summed E-state index contributed by atoms with van der Waals surface area (Å²) in [5.41, 5.74) is 0. The minimum atomic E-state index is -4.39. The van der Waals surface area contributed by atoms with Crippen molar-refractivity contribution in [3.63, 3.8) is 0 Å². The van der Waals surface area contributed by atoms with E-state index in [-0.39, 0.29) is 32.2 Å². The molecular weight excluding hydrogens is 693 g/mol. The predicted molar refractivity (Wildman–Crippen MR) is 216 cm³/mol. The molecule has 0 heterocycles. The number of aliphatic hydroxyl groups is 1. The summed E-state index contributed by atoms with van der Waals surface area (Å²) < 4.78 is 34.1. The molecule has 2 N–H and O–H groups in total. The van der Waals surface area contributed by atoms with Crippen LogP contribution in [0.4, 0.5) is 0 Å². The number of aliphatic hydroxyl groups excluding tert-OH is 1. The van der Waals surface area contributed by atoms with Gasteiger partial charge in [0.2, 0.25) is 0 Å². The fourth-order valence-electron chi connectivity index (χ4n) is 5.10. The van der Waals surface area contributed by atoms with Crippen molar-refractivity contribution in [3.05, 3.63) is 48.6 Å². The van der Waals surface area contributed by atoms with Gasteiger partial charge < -0.3 is 24.0 Å². The van der Waals surface area contributed by atoms with E-state index in [2.05, 4.69) is 49.5 Å². The molecular formula is C42H77NO9P+. The van der Waals surface area contributed by atoms with E-state index in [0.29, 0.717) is 23.9 Å². The van der Waals surface area contributed by atoms with Crippen molar-refractivity contribution < 1.29 is 47.2 Å². The molecule has 0 aromatic heterocycles. The maximum atomic E-state index is 12.6. The molecule has 0 aromatic carbocycles. The molecule has 0 aromatic rings. The van der Waals surface area contributed by atoms with Crippen molar-refractivity contribution in [2.75, 3.05) is 47.5 Å². The molecule has 0 saturated carbocycles. The van der Waals surface area contributed by atoms with Crippen molar-refractivity contribution >= 4 is 19.8 Å². The second kappa shape index (κ2) is 34.4. The third kappa shape index (κ3) is 38.0. The lowest BCUT2D eigenvalue weighted by Gasteiger charge is -2.24. The summed E-state index contributed by atoms with van der Waals surface area (Å²) in [6.07, 6.45) is 35.4. The Hall–Kier alpha value is -2.07. The lowest BCUT2D eigenvalue weighted by atomic mass is 10.1. The van der Waals surface area contributed by atoms with Crippen molar-refractivity contribution in [2.24, 2.45) is 0 Å². The summed E-state index contributed by atoms with van der Waals surface area (Å²) in [4.78, 5) is 35.2. The minimum Gasteiger partial charge on any atom is -0.462 e. The van der Waals surface area contributed by atoms with E-state index >= 15 is 0 Å². The van der Waals surface area contributed by atoms with Crippen LogP contribution in [-0.2, 0) is 32.7 Å². The normalized spacial score (nSPS) is 14.8. The zero-order valence-electron chi connectivity index (χ0n) is 34.1. The highest BCUT2D eigenvalue weighted by Crippen LogP contribution is 2.43. The first-order valence-corrected chi connectivity index (χ1v) is 21.9. The van der Waals surface area contributed by atoms with Crippen LogP contribution in [0.15, 0.2) is 48.6 Å². The average molecular weight is 771 g/mol. The highest BCUT2D eigenvalue weighted by atomic mass is 31.2. The number of unbranched alkanes of at least 4 members (excludes halogenated alkanes) is 11. The van der Waals surface area contributed by atoms with E-state index in [1.54, 1.807) is 0 Å². The Kier molecular flexibility index (Phi) is 33.1. The number of likely N-dealkylation sites (N-methyl/N-ethyl adjacent to an activating group) is 1. The first-order valence-electron chi connectivity index (χ1n) is 20.4. The molecule has 3 atom stereocenters. The summed E-state index contributed by atoms with van der Waals surface area (Å²) in [6.45, 7) is 4.04. The summed E-state index contributed by atoms with van der Waals surface area (Å²) in [7, 11) is 1.42. The van der Waals surface area contributed by atoms with E-state index in [1.165, 1.54) is 51.4 Å². The number of carbonyl (C=O) groups excluding carboxylic acids is 2. The van der Waals surface area contributed by atoms with Crippen molar-refractivity contribution in [1.82, 2.24) is 0 Å². The van der Waals surface area contributed by atoms with Crippen molar-refractivity contribution in [2.45, 2.75) is 161 Å². The molecule has 0 fully saturated rings. The molecule has 0 bridgehead atoms. The monoisotopic (exact) mass is 771 g/mol. The third-order valence-electron chi connectivity index (χ3n) is 8.53. The van der Waals surface area contributed by atoms with Crippen molar-refractivity contribution in [3.8, 4) is 0 Å². The fraction of sp³-hybridized carbons (Fsp3) is 0.762. The highest BCUT2D eigenvalue weighted by Gasteiger charge is 2.27. The number of nitrogens with zero attached hydrogens (tertiary/aromatic N) is 1. The summed E-state index contributed by atoms with van der Waals surface area (Å²) in [5.74, 6) is -0.886. The molecule has 0 aliphatic carbocycles. The topological polar surface area (TPSA) is 129 Å². The molecule has 0 saturated heterocycles. The van der Waals surface area contributed by atoms with Crippen LogP contribution in [0.2, 0.25) is 0 Å². The van der Waals surface area contributed by atoms with Gasteiger partial charge in [0.1, 0.15) is 19.8 Å². The smallest absolute Gasteiger partial charge is 0.462 e. The first kappa shape index (κ1) is 50.9. The third-order valence-corrected chi connectivity index (χ3v) is 9.51. The zero-order chi connectivity index (χ0) is 39.5. The van der Waals surface area contributed by atoms with E-state index in [4.69, 9.17) is 18.5 Å². The molecule has 0 rings (SSSR count). The molecule has 0 aliphatic rings. The van der Waals surface area contributed by atoms with E-state index < -0.39 is 32.5 Å². The first-order chi connectivity index (χ1) is 25.4. The molecule has 1 unspecified atom stereocenters. The number of carbonyl (C=O) groups is 2.